The van der Waals surface area contributed by atoms with Crippen LogP contribution in [0, 0.1) is 6.92 Å². The Labute approximate surface area is 80.1 Å². The summed E-state index contributed by atoms with van der Waals surface area (Å²) in [6, 6.07) is 1.75. The molecular weight excluding hydrogens is 190 g/mol. The van der Waals surface area contributed by atoms with Gasteiger partial charge in [-0.3, -0.25) is 4.40 Å². The van der Waals surface area contributed by atoms with Crippen molar-refractivity contribution in [2.75, 3.05) is 7.11 Å². The molecule has 2 aromatic heterocycles. The van der Waals surface area contributed by atoms with E-state index < -0.39 is 0 Å². The summed E-state index contributed by atoms with van der Waals surface area (Å²) in [5.41, 5.74) is 0.735. The lowest BCUT2D eigenvalue weighted by Gasteiger charge is -2.02. The number of hydrogen-bond acceptors (Lipinski definition) is 3. The minimum atomic E-state index is 0.554. The van der Waals surface area contributed by atoms with Crippen LogP contribution in [0.15, 0.2) is 12.3 Å². The van der Waals surface area contributed by atoms with Crippen molar-refractivity contribution in [3.05, 3.63) is 23.1 Å². The van der Waals surface area contributed by atoms with Crippen LogP contribution in [-0.2, 0) is 0 Å². The molecule has 0 saturated heterocycles. The molecule has 0 atom stereocenters. The maximum absolute atomic E-state index is 5.93. The predicted molar refractivity (Wildman–Crippen MR) is 49.3 cm³/mol. The molecule has 13 heavy (non-hydrogen) atoms. The van der Waals surface area contributed by atoms with Gasteiger partial charge in [0.1, 0.15) is 11.6 Å². The summed E-state index contributed by atoms with van der Waals surface area (Å²) >= 11 is 5.93. The highest BCUT2D eigenvalue weighted by molar-refractivity contribution is 6.32. The molecule has 0 fully saturated rings. The maximum atomic E-state index is 5.93. The van der Waals surface area contributed by atoms with Crippen molar-refractivity contribution in [3.63, 3.8) is 0 Å². The van der Waals surface area contributed by atoms with Crippen LogP contribution >= 0.6 is 11.6 Å². The first kappa shape index (κ1) is 8.31. The third kappa shape index (κ3) is 1.23. The molecule has 0 amide bonds. The highest BCUT2D eigenvalue weighted by Crippen LogP contribution is 2.24. The van der Waals surface area contributed by atoms with E-state index in [1.807, 2.05) is 11.3 Å². The quantitative estimate of drug-likeness (QED) is 0.699. The average Bonchev–Trinajstić information content (AvgIpc) is 2.47. The van der Waals surface area contributed by atoms with Crippen LogP contribution in [0.25, 0.3) is 5.65 Å². The van der Waals surface area contributed by atoms with Crippen molar-refractivity contribution < 1.29 is 4.74 Å². The summed E-state index contributed by atoms with van der Waals surface area (Å²) in [6.07, 6.45) is 1.74. The molecule has 0 aromatic carbocycles. The Morgan fingerprint density at radius 2 is 2.23 bits per heavy atom. The molecule has 2 rings (SSSR count). The van der Waals surface area contributed by atoms with Gasteiger partial charge in [-0.2, -0.15) is 0 Å². The van der Waals surface area contributed by atoms with Crippen LogP contribution in [0.1, 0.15) is 5.82 Å². The number of rotatable bonds is 1. The van der Waals surface area contributed by atoms with Crippen molar-refractivity contribution in [1.29, 1.82) is 0 Å². The van der Waals surface area contributed by atoms with Gasteiger partial charge in [-0.05, 0) is 6.92 Å². The molecule has 0 aliphatic carbocycles. The van der Waals surface area contributed by atoms with Gasteiger partial charge < -0.3 is 4.74 Å². The Kier molecular flexibility index (Phi) is 1.84. The molecule has 2 aromatic rings. The van der Waals surface area contributed by atoms with Gasteiger partial charge in [0.25, 0.3) is 0 Å². The topological polar surface area (TPSA) is 39.4 Å². The van der Waals surface area contributed by atoms with Crippen molar-refractivity contribution in [2.24, 2.45) is 0 Å². The second-order valence-corrected chi connectivity index (χ2v) is 3.07. The van der Waals surface area contributed by atoms with Gasteiger partial charge >= 0.3 is 0 Å². The third-order valence-electron chi connectivity index (χ3n) is 1.85. The molecule has 0 radical (unpaired) electrons. The second-order valence-electron chi connectivity index (χ2n) is 2.67. The van der Waals surface area contributed by atoms with Crippen molar-refractivity contribution in [2.45, 2.75) is 6.92 Å². The summed E-state index contributed by atoms with van der Waals surface area (Å²) in [5, 5.41) is 8.41. The highest BCUT2D eigenvalue weighted by Gasteiger charge is 2.06. The number of aryl methyl sites for hydroxylation is 1. The van der Waals surface area contributed by atoms with Crippen LogP contribution in [-0.4, -0.2) is 21.7 Å². The molecule has 0 aliphatic rings. The Bertz CT molecular complexity index is 452. The van der Waals surface area contributed by atoms with Gasteiger partial charge in [-0.1, -0.05) is 11.6 Å². The van der Waals surface area contributed by atoms with E-state index in [0.717, 1.165) is 11.5 Å². The van der Waals surface area contributed by atoms with Crippen LogP contribution in [0.4, 0.5) is 0 Å². The number of methoxy groups -OCH3 is 1. The lowest BCUT2D eigenvalue weighted by atomic mass is 10.4. The van der Waals surface area contributed by atoms with Crippen molar-refractivity contribution >= 4 is 17.2 Å². The summed E-state index contributed by atoms with van der Waals surface area (Å²) in [5.74, 6) is 1.42. The molecule has 4 nitrogen and oxygen atoms in total. The normalized spacial score (nSPS) is 10.7. The molecule has 0 unspecified atom stereocenters. The Morgan fingerprint density at radius 1 is 1.46 bits per heavy atom. The van der Waals surface area contributed by atoms with E-state index in [-0.39, 0.29) is 0 Å². The van der Waals surface area contributed by atoms with E-state index in [2.05, 4.69) is 10.2 Å². The minimum Gasteiger partial charge on any atom is -0.495 e. The van der Waals surface area contributed by atoms with Crippen LogP contribution < -0.4 is 4.74 Å². The number of nitrogens with zero attached hydrogens (tertiary/aromatic N) is 3. The zero-order valence-electron chi connectivity index (χ0n) is 7.28. The number of ether oxygens (including phenoxy) is 1. The fourth-order valence-electron chi connectivity index (χ4n) is 1.16. The van der Waals surface area contributed by atoms with Gasteiger partial charge in [-0.15, -0.1) is 10.2 Å². The summed E-state index contributed by atoms with van der Waals surface area (Å²) in [6.45, 7) is 1.86. The number of hydrogen-bond donors (Lipinski definition) is 0. The van der Waals surface area contributed by atoms with Crippen LogP contribution in [0.3, 0.4) is 0 Å². The van der Waals surface area contributed by atoms with E-state index in [4.69, 9.17) is 16.3 Å². The SMILES string of the molecule is COc1cc2nnc(C)n2cc1Cl. The molecule has 0 N–H and O–H groups in total. The van der Waals surface area contributed by atoms with Crippen LogP contribution in [0.5, 0.6) is 5.75 Å². The monoisotopic (exact) mass is 197 g/mol. The zero-order chi connectivity index (χ0) is 9.42. The first-order valence-electron chi connectivity index (χ1n) is 3.77. The Balaban J connectivity index is 2.76. The molecule has 5 heteroatoms. The molecule has 68 valence electrons. The van der Waals surface area contributed by atoms with E-state index in [0.29, 0.717) is 10.8 Å². The molecule has 0 spiro atoms. The predicted octanol–water partition coefficient (Wildman–Crippen LogP) is 1.70. The molecule has 2 heterocycles. The summed E-state index contributed by atoms with van der Waals surface area (Å²) in [7, 11) is 1.57. The van der Waals surface area contributed by atoms with Crippen molar-refractivity contribution in [1.82, 2.24) is 14.6 Å². The molecule has 0 bridgehead atoms. The van der Waals surface area contributed by atoms with E-state index in [1.54, 1.807) is 19.4 Å². The van der Waals surface area contributed by atoms with E-state index in [1.165, 1.54) is 0 Å². The Morgan fingerprint density at radius 3 is 2.92 bits per heavy atom. The van der Waals surface area contributed by atoms with E-state index in [9.17, 15) is 0 Å². The maximum Gasteiger partial charge on any atom is 0.164 e. The van der Waals surface area contributed by atoms with Gasteiger partial charge in [0.2, 0.25) is 0 Å². The fraction of sp³-hybridized carbons (Fsp3) is 0.250. The van der Waals surface area contributed by atoms with Crippen molar-refractivity contribution in [3.8, 4) is 5.75 Å². The zero-order valence-corrected chi connectivity index (χ0v) is 8.04. The van der Waals surface area contributed by atoms with Gasteiger partial charge in [0, 0.05) is 12.3 Å². The minimum absolute atomic E-state index is 0.554. The van der Waals surface area contributed by atoms with Crippen LogP contribution in [0.2, 0.25) is 5.02 Å². The standard InChI is InChI=1S/C8H8ClN3O/c1-5-10-11-8-3-7(13-2)6(9)4-12(5)8/h3-4H,1-2H3. The number of pyridine rings is 1. The first-order chi connectivity index (χ1) is 6.22. The molecule has 0 aliphatic heterocycles. The highest BCUT2D eigenvalue weighted by atomic mass is 35.5. The molecular formula is C8H8ClN3O. The van der Waals surface area contributed by atoms with Gasteiger partial charge in [0.05, 0.1) is 12.1 Å². The number of aromatic nitrogens is 3. The summed E-state index contributed by atoms with van der Waals surface area (Å²) in [4.78, 5) is 0. The number of halogens is 1. The molecule has 0 saturated carbocycles. The van der Waals surface area contributed by atoms with E-state index >= 15 is 0 Å². The smallest absolute Gasteiger partial charge is 0.164 e. The fourth-order valence-corrected chi connectivity index (χ4v) is 1.39. The van der Waals surface area contributed by atoms with Gasteiger partial charge in [0.15, 0.2) is 5.65 Å². The lowest BCUT2D eigenvalue weighted by molar-refractivity contribution is 0.415. The summed E-state index contributed by atoms with van der Waals surface area (Å²) < 4.78 is 6.86. The average molecular weight is 198 g/mol. The Hall–Kier alpha value is -1.29. The lowest BCUT2D eigenvalue weighted by Crippen LogP contribution is -1.91. The third-order valence-corrected chi connectivity index (χ3v) is 2.13. The van der Waals surface area contributed by atoms with Gasteiger partial charge in [-0.25, -0.2) is 0 Å². The largest absolute Gasteiger partial charge is 0.495 e. The second kappa shape index (κ2) is 2.88. The first-order valence-corrected chi connectivity index (χ1v) is 4.15. The number of fused-ring (bicyclic) bond motifs is 1.